The highest BCUT2D eigenvalue weighted by Crippen LogP contribution is 2.52. The van der Waals surface area contributed by atoms with Crippen molar-refractivity contribution in [1.29, 1.82) is 0 Å². The molecule has 2 radical (unpaired) electrons. The lowest BCUT2D eigenvalue weighted by atomic mass is 9.82. The number of phosphoric acid groups is 1. The van der Waals surface area contributed by atoms with E-state index < -0.39 is 31.6 Å². The van der Waals surface area contributed by atoms with Crippen LogP contribution < -0.4 is 0 Å². The maximum Gasteiger partial charge on any atom is 0.475 e. The van der Waals surface area contributed by atoms with Gasteiger partial charge >= 0.3 is 7.82 Å². The molecule has 1 aliphatic heterocycles. The van der Waals surface area contributed by atoms with Crippen molar-refractivity contribution in [2.75, 3.05) is 6.61 Å². The summed E-state index contributed by atoms with van der Waals surface area (Å²) in [6, 6.07) is 17.9. The molecule has 2 unspecified atom stereocenters. The summed E-state index contributed by atoms with van der Waals surface area (Å²) in [6.45, 7) is 1.76. The van der Waals surface area contributed by atoms with Gasteiger partial charge < -0.3 is 13.8 Å². The van der Waals surface area contributed by atoms with Gasteiger partial charge in [-0.25, -0.2) is 4.57 Å². The molecular formula is C20H26BO7P3. The normalized spacial score (nSPS) is 26.2. The molecule has 6 atom stereocenters. The van der Waals surface area contributed by atoms with Crippen molar-refractivity contribution in [3.63, 3.8) is 0 Å². The van der Waals surface area contributed by atoms with Crippen molar-refractivity contribution < 1.29 is 31.9 Å². The number of hydrogen-bond acceptors (Lipinski definition) is 7. The Bertz CT molecular complexity index is 813. The predicted molar refractivity (Wildman–Crippen MR) is 124 cm³/mol. The quantitative estimate of drug-likeness (QED) is 0.352. The third-order valence-corrected chi connectivity index (χ3v) is 7.21. The van der Waals surface area contributed by atoms with Gasteiger partial charge in [-0.05, 0) is 18.1 Å². The van der Waals surface area contributed by atoms with Gasteiger partial charge in [-0.15, -0.1) is 0 Å². The standard InChI is InChI=1S/C20H26BO7P3/c1-20(28-30)18(27-29)17(26-19(20)21)14-25-31(22,23-12-15-8-4-2-5-9-15)24-13-16-10-6-3-7-11-16/h2-11,17-19H,12-14,29-30H2,1H3/t17-,18-,19-,20-/m1/s1. The van der Waals surface area contributed by atoms with E-state index in [0.29, 0.717) is 0 Å². The van der Waals surface area contributed by atoms with Crippen LogP contribution in [0.1, 0.15) is 18.1 Å². The van der Waals surface area contributed by atoms with Gasteiger partial charge in [-0.3, -0.25) is 13.6 Å². The van der Waals surface area contributed by atoms with Crippen molar-refractivity contribution >= 4 is 34.6 Å². The Labute approximate surface area is 189 Å². The molecule has 0 aliphatic carbocycles. The molecule has 1 aliphatic rings. The Morgan fingerprint density at radius 1 is 0.968 bits per heavy atom. The average molecular weight is 482 g/mol. The molecule has 1 heterocycles. The maximum absolute atomic E-state index is 13.4. The summed E-state index contributed by atoms with van der Waals surface area (Å²) >= 11 is 0. The SMILES string of the molecule is [B][C@@H]1O[C@H](COP(=O)(OCc2ccccc2)OCc2ccccc2)[C@@H](OP)[C@@]1(C)OP. The molecule has 31 heavy (non-hydrogen) atoms. The van der Waals surface area contributed by atoms with Crippen LogP contribution in [0.4, 0.5) is 0 Å². The number of ether oxygens (including phenoxy) is 1. The van der Waals surface area contributed by atoms with Gasteiger partial charge in [0.05, 0.1) is 19.8 Å². The molecule has 0 aromatic heterocycles. The van der Waals surface area contributed by atoms with Crippen molar-refractivity contribution in [1.82, 2.24) is 0 Å². The van der Waals surface area contributed by atoms with E-state index in [1.807, 2.05) is 60.7 Å². The molecule has 7 nitrogen and oxygen atoms in total. The lowest BCUT2D eigenvalue weighted by Crippen LogP contribution is -2.47. The molecule has 0 amide bonds. The Balaban J connectivity index is 1.69. The third-order valence-electron chi connectivity index (χ3n) is 5.05. The highest BCUT2D eigenvalue weighted by Gasteiger charge is 2.53. The zero-order valence-electron chi connectivity index (χ0n) is 17.2. The second-order valence-corrected chi connectivity index (χ2v) is 9.39. The van der Waals surface area contributed by atoms with E-state index in [1.165, 1.54) is 0 Å². The van der Waals surface area contributed by atoms with Crippen LogP contribution in [0.25, 0.3) is 0 Å². The zero-order chi connectivity index (χ0) is 22.3. The van der Waals surface area contributed by atoms with Crippen LogP contribution in [0.3, 0.4) is 0 Å². The van der Waals surface area contributed by atoms with Crippen LogP contribution in [0.5, 0.6) is 0 Å². The van der Waals surface area contributed by atoms with Crippen molar-refractivity contribution in [3.8, 4) is 0 Å². The summed E-state index contributed by atoms with van der Waals surface area (Å²) in [5, 5.41) is 0. The van der Waals surface area contributed by atoms with Crippen LogP contribution in [0, 0.1) is 0 Å². The number of phosphoric ester groups is 1. The highest BCUT2D eigenvalue weighted by atomic mass is 31.2. The fourth-order valence-electron chi connectivity index (χ4n) is 3.14. The minimum absolute atomic E-state index is 0.0634. The summed E-state index contributed by atoms with van der Waals surface area (Å²) in [7, 11) is 6.46. The van der Waals surface area contributed by atoms with E-state index in [2.05, 4.69) is 18.9 Å². The largest absolute Gasteiger partial charge is 0.475 e. The predicted octanol–water partition coefficient (Wildman–Crippen LogP) is 4.18. The smallest absolute Gasteiger partial charge is 0.376 e. The fraction of sp³-hybridized carbons (Fsp3) is 0.400. The minimum atomic E-state index is -3.94. The van der Waals surface area contributed by atoms with Crippen LogP contribution in [0.2, 0.25) is 0 Å². The molecule has 1 saturated heterocycles. The van der Waals surface area contributed by atoms with E-state index in [1.54, 1.807) is 6.92 Å². The van der Waals surface area contributed by atoms with Crippen molar-refractivity contribution in [3.05, 3.63) is 71.8 Å². The molecule has 0 bridgehead atoms. The van der Waals surface area contributed by atoms with Crippen LogP contribution in [-0.4, -0.2) is 38.3 Å². The van der Waals surface area contributed by atoms with Gasteiger partial charge in [0.1, 0.15) is 25.7 Å². The number of benzene rings is 2. The van der Waals surface area contributed by atoms with E-state index in [9.17, 15) is 4.57 Å². The first-order valence-corrected chi connectivity index (χ1v) is 12.1. The van der Waals surface area contributed by atoms with Gasteiger partial charge in [0.2, 0.25) is 0 Å². The Hall–Kier alpha value is -0.645. The first-order chi connectivity index (χ1) is 14.9. The van der Waals surface area contributed by atoms with Gasteiger partial charge in [-0.1, -0.05) is 60.7 Å². The van der Waals surface area contributed by atoms with Crippen molar-refractivity contribution in [2.24, 2.45) is 0 Å². The fourth-order valence-corrected chi connectivity index (χ4v) is 5.02. The monoisotopic (exact) mass is 482 g/mol. The molecule has 1 fully saturated rings. The maximum atomic E-state index is 13.4. The summed E-state index contributed by atoms with van der Waals surface area (Å²) in [5.74, 6) is 0. The lowest BCUT2D eigenvalue weighted by molar-refractivity contribution is -0.00438. The van der Waals surface area contributed by atoms with E-state index >= 15 is 0 Å². The zero-order valence-corrected chi connectivity index (χ0v) is 20.4. The summed E-state index contributed by atoms with van der Waals surface area (Å²) in [4.78, 5) is 0. The van der Waals surface area contributed by atoms with Crippen LogP contribution >= 0.6 is 26.8 Å². The summed E-state index contributed by atoms with van der Waals surface area (Å²) in [6.07, 6.45) is -1.23. The second-order valence-electron chi connectivity index (χ2n) is 7.21. The first-order valence-electron chi connectivity index (χ1n) is 9.66. The molecular weight excluding hydrogens is 456 g/mol. The first kappa shape index (κ1) is 25.0. The number of hydrogen-bond donors (Lipinski definition) is 0. The van der Waals surface area contributed by atoms with E-state index in [4.69, 9.17) is 35.2 Å². The number of rotatable bonds is 11. The Kier molecular flexibility index (Phi) is 9.25. The topological polar surface area (TPSA) is 72.5 Å². The molecule has 11 heteroatoms. The van der Waals surface area contributed by atoms with E-state index in [0.717, 1.165) is 11.1 Å². The highest BCUT2D eigenvalue weighted by molar-refractivity contribution is 7.48. The molecule has 166 valence electrons. The van der Waals surface area contributed by atoms with Gasteiger partial charge in [-0.2, -0.15) is 0 Å². The minimum Gasteiger partial charge on any atom is -0.376 e. The summed E-state index contributed by atoms with van der Waals surface area (Å²) < 4.78 is 46.9. The lowest BCUT2D eigenvalue weighted by Gasteiger charge is -2.31. The summed E-state index contributed by atoms with van der Waals surface area (Å²) in [5.41, 5.74) is 0.744. The Morgan fingerprint density at radius 2 is 1.48 bits per heavy atom. The molecule has 0 N–H and O–H groups in total. The van der Waals surface area contributed by atoms with E-state index in [-0.39, 0.29) is 19.8 Å². The van der Waals surface area contributed by atoms with Crippen molar-refractivity contribution in [2.45, 2.75) is 43.9 Å². The Morgan fingerprint density at radius 3 is 1.94 bits per heavy atom. The van der Waals surface area contributed by atoms with Gasteiger partial charge in [0.15, 0.2) is 0 Å². The molecule has 2 aromatic rings. The molecule has 2 aromatic carbocycles. The second kappa shape index (κ2) is 11.5. The van der Waals surface area contributed by atoms with Crippen LogP contribution in [0.15, 0.2) is 60.7 Å². The van der Waals surface area contributed by atoms with Gasteiger partial charge in [0, 0.05) is 24.9 Å². The average Bonchev–Trinajstić information content (AvgIpc) is 3.06. The van der Waals surface area contributed by atoms with Gasteiger partial charge in [0.25, 0.3) is 0 Å². The molecule has 3 rings (SSSR count). The third kappa shape index (κ3) is 6.45. The van der Waals surface area contributed by atoms with Crippen LogP contribution in [-0.2, 0) is 45.1 Å². The molecule has 0 spiro atoms. The molecule has 0 saturated carbocycles.